The Morgan fingerprint density at radius 1 is 0.824 bits per heavy atom. The van der Waals surface area contributed by atoms with E-state index in [1.54, 1.807) is 0 Å². The van der Waals surface area contributed by atoms with Gasteiger partial charge in [0.15, 0.2) is 0 Å². The van der Waals surface area contributed by atoms with Crippen LogP contribution in [0.2, 0.25) is 0 Å². The molecule has 0 aliphatic rings. The van der Waals surface area contributed by atoms with Crippen LogP contribution in [0.4, 0.5) is 0 Å². The second-order valence-corrected chi connectivity index (χ2v) is 4.53. The van der Waals surface area contributed by atoms with Crippen molar-refractivity contribution in [2.24, 2.45) is 0 Å². The molecule has 0 fully saturated rings. The normalized spacial score (nSPS) is 9.71. The molecule has 0 aliphatic heterocycles. The first-order valence-corrected chi connectivity index (χ1v) is 6.87. The summed E-state index contributed by atoms with van der Waals surface area (Å²) < 4.78 is 0. The molecule has 0 aromatic heterocycles. The van der Waals surface area contributed by atoms with Crippen LogP contribution in [0, 0.1) is 11.8 Å². The molecule has 0 nitrogen and oxygen atoms in total. The smallest absolute Gasteiger partial charge is 0.00885 e. The third-order valence-electron chi connectivity index (χ3n) is 3.04. The second kappa shape index (κ2) is 9.97. The van der Waals surface area contributed by atoms with Gasteiger partial charge in [0.2, 0.25) is 0 Å². The van der Waals surface area contributed by atoms with E-state index in [1.165, 1.54) is 50.5 Å². The van der Waals surface area contributed by atoms with Crippen molar-refractivity contribution < 1.29 is 0 Å². The Bertz CT molecular complexity index is 326. The molecule has 1 aromatic carbocycles. The van der Waals surface area contributed by atoms with Crippen LogP contribution >= 0.6 is 0 Å². The summed E-state index contributed by atoms with van der Waals surface area (Å²) in [5, 5.41) is 0. The topological polar surface area (TPSA) is 0 Å². The highest BCUT2D eigenvalue weighted by Crippen LogP contribution is 2.10. The van der Waals surface area contributed by atoms with E-state index in [2.05, 4.69) is 42.2 Å². The van der Waals surface area contributed by atoms with Crippen molar-refractivity contribution in [3.05, 3.63) is 35.9 Å². The molecule has 0 unspecified atom stereocenters. The molecular formula is C17H24. The first kappa shape index (κ1) is 13.8. The Labute approximate surface area is 106 Å². The highest BCUT2D eigenvalue weighted by molar-refractivity contribution is 5.14. The minimum atomic E-state index is 1.08. The van der Waals surface area contributed by atoms with Crippen molar-refractivity contribution in [1.82, 2.24) is 0 Å². The highest BCUT2D eigenvalue weighted by Gasteiger charge is 1.93. The summed E-state index contributed by atoms with van der Waals surface area (Å²) in [6.45, 7) is 1.92. The molecule has 17 heavy (non-hydrogen) atoms. The maximum atomic E-state index is 3.12. The van der Waals surface area contributed by atoms with E-state index in [-0.39, 0.29) is 0 Å². The van der Waals surface area contributed by atoms with Crippen molar-refractivity contribution in [3.63, 3.8) is 0 Å². The third-order valence-corrected chi connectivity index (χ3v) is 3.04. The van der Waals surface area contributed by atoms with Crippen LogP contribution in [0.3, 0.4) is 0 Å². The van der Waals surface area contributed by atoms with Gasteiger partial charge in [0.1, 0.15) is 0 Å². The van der Waals surface area contributed by atoms with Gasteiger partial charge in [-0.1, -0.05) is 56.0 Å². The number of benzene rings is 1. The molecule has 0 atom stereocenters. The van der Waals surface area contributed by atoms with Crippen LogP contribution in [-0.2, 0) is 6.42 Å². The largest absolute Gasteiger partial charge is 0.107 e. The van der Waals surface area contributed by atoms with Gasteiger partial charge in [0, 0.05) is 6.42 Å². The monoisotopic (exact) mass is 228 g/mol. The average molecular weight is 228 g/mol. The van der Waals surface area contributed by atoms with Crippen LogP contribution in [0.5, 0.6) is 0 Å². The Kier molecular flexibility index (Phi) is 8.12. The zero-order valence-electron chi connectivity index (χ0n) is 11.0. The minimum absolute atomic E-state index is 1.08. The molecule has 0 N–H and O–H groups in total. The number of unbranched alkanes of at least 4 members (excludes halogenated alkanes) is 6. The molecule has 0 amide bonds. The standard InChI is InChI=1S/C17H24/c1-2-3-4-5-6-7-8-9-11-14-17-15-12-10-13-16-17/h10,12-13,15-16H,4-9,11,14H2,1H3. The predicted molar refractivity (Wildman–Crippen MR) is 75.9 cm³/mol. The molecule has 0 heteroatoms. The molecule has 0 spiro atoms. The fourth-order valence-electron chi connectivity index (χ4n) is 2.02. The van der Waals surface area contributed by atoms with Crippen LogP contribution < -0.4 is 0 Å². The fourth-order valence-corrected chi connectivity index (χ4v) is 2.02. The molecule has 0 heterocycles. The zero-order chi connectivity index (χ0) is 12.2. The van der Waals surface area contributed by atoms with Gasteiger partial charge in [-0.05, 0) is 31.7 Å². The minimum Gasteiger partial charge on any atom is -0.107 e. The molecule has 1 aromatic rings. The Hall–Kier alpha value is -1.22. The lowest BCUT2D eigenvalue weighted by Crippen LogP contribution is -1.85. The molecule has 0 radical (unpaired) electrons. The van der Waals surface area contributed by atoms with Crippen molar-refractivity contribution in [2.75, 3.05) is 0 Å². The summed E-state index contributed by atoms with van der Waals surface area (Å²) >= 11 is 0. The molecule has 1 rings (SSSR count). The first-order chi connectivity index (χ1) is 8.43. The third kappa shape index (κ3) is 7.64. The molecule has 0 saturated heterocycles. The highest BCUT2D eigenvalue weighted by atomic mass is 14.0. The Balaban J connectivity index is 1.89. The van der Waals surface area contributed by atoms with Gasteiger partial charge in [0.05, 0.1) is 0 Å². The van der Waals surface area contributed by atoms with E-state index < -0.39 is 0 Å². The summed E-state index contributed by atoms with van der Waals surface area (Å²) in [4.78, 5) is 0. The number of rotatable bonds is 8. The molecule has 0 saturated carbocycles. The van der Waals surface area contributed by atoms with Crippen LogP contribution in [0.25, 0.3) is 0 Å². The molecule has 0 aliphatic carbocycles. The van der Waals surface area contributed by atoms with Gasteiger partial charge < -0.3 is 0 Å². The van der Waals surface area contributed by atoms with Crippen molar-refractivity contribution in [3.8, 4) is 11.8 Å². The van der Waals surface area contributed by atoms with E-state index in [1.807, 2.05) is 6.92 Å². The average Bonchev–Trinajstić information content (AvgIpc) is 2.38. The van der Waals surface area contributed by atoms with E-state index in [9.17, 15) is 0 Å². The summed E-state index contributed by atoms with van der Waals surface area (Å²) in [5.74, 6) is 6.07. The summed E-state index contributed by atoms with van der Waals surface area (Å²) in [5.41, 5.74) is 1.48. The van der Waals surface area contributed by atoms with Crippen molar-refractivity contribution >= 4 is 0 Å². The van der Waals surface area contributed by atoms with Gasteiger partial charge in [-0.25, -0.2) is 0 Å². The zero-order valence-corrected chi connectivity index (χ0v) is 11.0. The van der Waals surface area contributed by atoms with Gasteiger partial charge >= 0.3 is 0 Å². The maximum absolute atomic E-state index is 3.12. The summed E-state index contributed by atoms with van der Waals surface area (Å²) in [6, 6.07) is 10.8. The van der Waals surface area contributed by atoms with Gasteiger partial charge in [-0.2, -0.15) is 0 Å². The van der Waals surface area contributed by atoms with Crippen LogP contribution in [0.15, 0.2) is 30.3 Å². The lowest BCUT2D eigenvalue weighted by molar-refractivity contribution is 0.599. The lowest BCUT2D eigenvalue weighted by Gasteiger charge is -2.01. The summed E-state index contributed by atoms with van der Waals surface area (Å²) in [7, 11) is 0. The van der Waals surface area contributed by atoms with Crippen molar-refractivity contribution in [2.45, 2.75) is 58.3 Å². The van der Waals surface area contributed by atoms with Crippen LogP contribution in [-0.4, -0.2) is 0 Å². The van der Waals surface area contributed by atoms with Gasteiger partial charge in [0.25, 0.3) is 0 Å². The number of aryl methyl sites for hydroxylation is 1. The van der Waals surface area contributed by atoms with E-state index in [4.69, 9.17) is 0 Å². The van der Waals surface area contributed by atoms with Gasteiger partial charge in [-0.3, -0.25) is 0 Å². The van der Waals surface area contributed by atoms with E-state index in [0.717, 1.165) is 6.42 Å². The SMILES string of the molecule is CC#CCCCCCCCCc1ccccc1. The van der Waals surface area contributed by atoms with Gasteiger partial charge in [-0.15, -0.1) is 11.8 Å². The summed E-state index contributed by atoms with van der Waals surface area (Å²) in [6.07, 6.45) is 10.4. The molecule has 92 valence electrons. The van der Waals surface area contributed by atoms with E-state index in [0.29, 0.717) is 0 Å². The molecule has 0 bridgehead atoms. The number of hydrogen-bond donors (Lipinski definition) is 0. The quantitative estimate of drug-likeness (QED) is 0.434. The maximum Gasteiger partial charge on any atom is 0.00885 e. The Morgan fingerprint density at radius 3 is 2.18 bits per heavy atom. The first-order valence-electron chi connectivity index (χ1n) is 6.87. The lowest BCUT2D eigenvalue weighted by atomic mass is 10.0. The van der Waals surface area contributed by atoms with Crippen LogP contribution in [0.1, 0.15) is 57.4 Å². The second-order valence-electron chi connectivity index (χ2n) is 4.53. The predicted octanol–water partition coefficient (Wildman–Crippen LogP) is 4.98. The Morgan fingerprint density at radius 2 is 1.47 bits per heavy atom. The molecular weight excluding hydrogens is 204 g/mol. The number of hydrogen-bond acceptors (Lipinski definition) is 0. The van der Waals surface area contributed by atoms with E-state index >= 15 is 0 Å². The fraction of sp³-hybridized carbons (Fsp3) is 0.529. The van der Waals surface area contributed by atoms with Crippen molar-refractivity contribution in [1.29, 1.82) is 0 Å².